The number of nitrogens with two attached hydrogens (primary N) is 1. The molecule has 5 nitrogen and oxygen atoms in total. The fourth-order valence-electron chi connectivity index (χ4n) is 3.00. The van der Waals surface area contributed by atoms with E-state index in [4.69, 9.17) is 5.73 Å². The van der Waals surface area contributed by atoms with Crippen LogP contribution in [0.25, 0.3) is 10.9 Å². The summed E-state index contributed by atoms with van der Waals surface area (Å²) in [5.74, 6) is -0.0775. The molecule has 2 atom stereocenters. The van der Waals surface area contributed by atoms with Crippen molar-refractivity contribution < 1.29 is 4.79 Å². The molecule has 1 fully saturated rings. The normalized spacial score (nSPS) is 16.0. The largest absolute Gasteiger partial charge is 0.361 e. The van der Waals surface area contributed by atoms with E-state index in [-0.39, 0.29) is 30.7 Å². The molecule has 1 heterocycles. The van der Waals surface area contributed by atoms with Gasteiger partial charge in [0.1, 0.15) is 0 Å². The van der Waals surface area contributed by atoms with Gasteiger partial charge in [-0.25, -0.2) is 0 Å². The summed E-state index contributed by atoms with van der Waals surface area (Å²) in [5, 5.41) is 4.13. The summed E-state index contributed by atoms with van der Waals surface area (Å²) in [4.78, 5) is 17.8. The summed E-state index contributed by atoms with van der Waals surface area (Å²) < 4.78 is 0. The second-order valence-electron chi connectivity index (χ2n) is 6.66. The SMILES string of the molecule is CC(CNC(=O)[C@@H](N)Cc1c[nH]c2ccccc12)N(C)C1CC1.Cl.Cl. The lowest BCUT2D eigenvalue weighted by Crippen LogP contribution is -2.47. The van der Waals surface area contributed by atoms with Crippen LogP contribution in [0.1, 0.15) is 25.3 Å². The number of halogens is 2. The van der Waals surface area contributed by atoms with Crippen molar-refractivity contribution in [2.75, 3.05) is 13.6 Å². The number of carbonyl (C=O) groups excluding carboxylic acids is 1. The molecule has 0 radical (unpaired) electrons. The average molecular weight is 387 g/mol. The van der Waals surface area contributed by atoms with Gasteiger partial charge in [0, 0.05) is 35.7 Å². The van der Waals surface area contributed by atoms with Gasteiger partial charge < -0.3 is 16.0 Å². The zero-order valence-corrected chi connectivity index (χ0v) is 16.3. The highest BCUT2D eigenvalue weighted by atomic mass is 35.5. The Morgan fingerprint density at radius 2 is 2.04 bits per heavy atom. The summed E-state index contributed by atoms with van der Waals surface area (Å²) >= 11 is 0. The highest BCUT2D eigenvalue weighted by molar-refractivity contribution is 5.86. The molecular formula is C18H28Cl2N4O. The number of fused-ring (bicyclic) bond motifs is 1. The number of carbonyl (C=O) groups is 1. The lowest BCUT2D eigenvalue weighted by Gasteiger charge is -2.25. The number of hydrogen-bond acceptors (Lipinski definition) is 3. The lowest BCUT2D eigenvalue weighted by molar-refractivity contribution is -0.122. The number of nitrogens with zero attached hydrogens (tertiary/aromatic N) is 1. The zero-order valence-electron chi connectivity index (χ0n) is 14.7. The summed E-state index contributed by atoms with van der Waals surface area (Å²) in [5.41, 5.74) is 8.26. The summed E-state index contributed by atoms with van der Waals surface area (Å²) in [7, 11) is 2.13. The molecule has 4 N–H and O–H groups in total. The average Bonchev–Trinajstić information content (AvgIpc) is 3.34. The first-order valence-electron chi connectivity index (χ1n) is 8.36. The molecule has 1 unspecified atom stereocenters. The Balaban J connectivity index is 0.00000156. The topological polar surface area (TPSA) is 74.1 Å². The molecule has 3 rings (SSSR count). The maximum atomic E-state index is 12.3. The number of benzene rings is 1. The molecule has 1 aromatic carbocycles. The number of rotatable bonds is 7. The number of aromatic amines is 1. The Kier molecular flexibility index (Phi) is 8.22. The Morgan fingerprint density at radius 1 is 1.36 bits per heavy atom. The van der Waals surface area contributed by atoms with Crippen molar-refractivity contribution in [2.45, 2.75) is 44.3 Å². The Labute approximate surface area is 161 Å². The van der Waals surface area contributed by atoms with E-state index in [2.05, 4.69) is 35.2 Å². The van der Waals surface area contributed by atoms with Gasteiger partial charge in [-0.2, -0.15) is 0 Å². The van der Waals surface area contributed by atoms with Gasteiger partial charge in [-0.15, -0.1) is 24.8 Å². The van der Waals surface area contributed by atoms with Gasteiger partial charge in [0.2, 0.25) is 5.91 Å². The van der Waals surface area contributed by atoms with Crippen LogP contribution >= 0.6 is 24.8 Å². The fourth-order valence-corrected chi connectivity index (χ4v) is 3.00. The summed E-state index contributed by atoms with van der Waals surface area (Å²) in [6.07, 6.45) is 5.04. The van der Waals surface area contributed by atoms with Gasteiger partial charge in [0.05, 0.1) is 6.04 Å². The first-order valence-corrected chi connectivity index (χ1v) is 8.36. The van der Waals surface area contributed by atoms with Crippen molar-refractivity contribution in [3.8, 4) is 0 Å². The molecule has 0 aliphatic heterocycles. The van der Waals surface area contributed by atoms with E-state index in [1.807, 2.05) is 24.4 Å². The van der Waals surface area contributed by atoms with Crippen molar-refractivity contribution in [3.63, 3.8) is 0 Å². The molecule has 1 aliphatic rings. The number of hydrogen-bond donors (Lipinski definition) is 3. The third kappa shape index (κ3) is 5.35. The number of para-hydroxylation sites is 1. The van der Waals surface area contributed by atoms with Gasteiger partial charge in [-0.3, -0.25) is 9.69 Å². The maximum absolute atomic E-state index is 12.3. The van der Waals surface area contributed by atoms with E-state index in [0.29, 0.717) is 25.0 Å². The number of likely N-dealkylation sites (N-methyl/N-ethyl adjacent to an activating group) is 1. The highest BCUT2D eigenvalue weighted by Gasteiger charge is 2.29. The first-order chi connectivity index (χ1) is 11.1. The van der Waals surface area contributed by atoms with Gasteiger partial charge >= 0.3 is 0 Å². The molecule has 7 heteroatoms. The monoisotopic (exact) mass is 386 g/mol. The van der Waals surface area contributed by atoms with E-state index in [1.165, 1.54) is 12.8 Å². The van der Waals surface area contributed by atoms with E-state index in [1.54, 1.807) is 0 Å². The van der Waals surface area contributed by atoms with Crippen LogP contribution in [-0.2, 0) is 11.2 Å². The minimum absolute atomic E-state index is 0. The second-order valence-corrected chi connectivity index (χ2v) is 6.66. The second kappa shape index (κ2) is 9.43. The van der Waals surface area contributed by atoms with E-state index in [0.717, 1.165) is 16.5 Å². The third-order valence-electron chi connectivity index (χ3n) is 4.84. The highest BCUT2D eigenvalue weighted by Crippen LogP contribution is 2.26. The fraction of sp³-hybridized carbons (Fsp3) is 0.500. The van der Waals surface area contributed by atoms with Crippen LogP contribution in [-0.4, -0.2) is 47.5 Å². The first kappa shape index (κ1) is 21.8. The van der Waals surface area contributed by atoms with Crippen molar-refractivity contribution in [1.82, 2.24) is 15.2 Å². The molecule has 0 saturated heterocycles. The van der Waals surface area contributed by atoms with Crippen LogP contribution in [0.15, 0.2) is 30.5 Å². The number of aromatic nitrogens is 1. The maximum Gasteiger partial charge on any atom is 0.237 e. The van der Waals surface area contributed by atoms with Gasteiger partial charge in [-0.05, 0) is 44.9 Å². The molecule has 0 bridgehead atoms. The Morgan fingerprint density at radius 3 is 2.72 bits per heavy atom. The van der Waals surface area contributed by atoms with E-state index < -0.39 is 6.04 Å². The molecule has 1 aromatic heterocycles. The van der Waals surface area contributed by atoms with E-state index >= 15 is 0 Å². The van der Waals surface area contributed by atoms with Gasteiger partial charge in [-0.1, -0.05) is 18.2 Å². The number of H-pyrrole nitrogens is 1. The molecule has 1 amide bonds. The quantitative estimate of drug-likeness (QED) is 0.683. The number of nitrogens with one attached hydrogen (secondary N) is 2. The van der Waals surface area contributed by atoms with Crippen LogP contribution < -0.4 is 11.1 Å². The van der Waals surface area contributed by atoms with Crippen molar-refractivity contribution in [1.29, 1.82) is 0 Å². The molecule has 0 spiro atoms. The van der Waals surface area contributed by atoms with Crippen LogP contribution in [0.2, 0.25) is 0 Å². The van der Waals surface area contributed by atoms with E-state index in [9.17, 15) is 4.79 Å². The molecule has 140 valence electrons. The minimum atomic E-state index is -0.521. The van der Waals surface area contributed by atoms with Crippen molar-refractivity contribution in [3.05, 3.63) is 36.0 Å². The summed E-state index contributed by atoms with van der Waals surface area (Å²) in [6.45, 7) is 2.79. The van der Waals surface area contributed by atoms with Gasteiger partial charge in [0.25, 0.3) is 0 Å². The molecule has 25 heavy (non-hydrogen) atoms. The van der Waals surface area contributed by atoms with Crippen LogP contribution in [0, 0.1) is 0 Å². The smallest absolute Gasteiger partial charge is 0.237 e. The lowest BCUT2D eigenvalue weighted by atomic mass is 10.1. The third-order valence-corrected chi connectivity index (χ3v) is 4.84. The molecular weight excluding hydrogens is 359 g/mol. The minimum Gasteiger partial charge on any atom is -0.361 e. The van der Waals surface area contributed by atoms with Crippen molar-refractivity contribution >= 4 is 41.6 Å². The molecule has 2 aromatic rings. The standard InChI is InChI=1S/C18H26N4O.2ClH/c1-12(22(2)14-7-8-14)10-21-18(23)16(19)9-13-11-20-17-6-4-3-5-15(13)17;;/h3-6,11-12,14,16,20H,7-10,19H2,1-2H3,(H,21,23);2*1H/t12?,16-;;/m0../s1. The molecule has 1 aliphatic carbocycles. The predicted molar refractivity (Wildman–Crippen MR) is 108 cm³/mol. The van der Waals surface area contributed by atoms with Crippen LogP contribution in [0.3, 0.4) is 0 Å². The van der Waals surface area contributed by atoms with Crippen LogP contribution in [0.4, 0.5) is 0 Å². The molecule has 1 saturated carbocycles. The zero-order chi connectivity index (χ0) is 16.4. The predicted octanol–water partition coefficient (Wildman–Crippen LogP) is 2.48. The Hall–Kier alpha value is -1.27. The van der Waals surface area contributed by atoms with Gasteiger partial charge in [0.15, 0.2) is 0 Å². The Bertz CT molecular complexity index is 687. The van der Waals surface area contributed by atoms with Crippen molar-refractivity contribution in [2.24, 2.45) is 5.73 Å². The summed E-state index contributed by atoms with van der Waals surface area (Å²) in [6, 6.07) is 8.59. The van der Waals surface area contributed by atoms with Crippen LogP contribution in [0.5, 0.6) is 0 Å². The number of amides is 1.